The first-order valence-electron chi connectivity index (χ1n) is 10.3. The van der Waals surface area contributed by atoms with Crippen molar-refractivity contribution in [2.75, 3.05) is 52.0 Å². The summed E-state index contributed by atoms with van der Waals surface area (Å²) >= 11 is 6.28. The molecule has 1 amide bonds. The molecule has 2 aliphatic heterocycles. The molecular weight excluding hydrogens is 422 g/mol. The highest BCUT2D eigenvalue weighted by Crippen LogP contribution is 2.40. The van der Waals surface area contributed by atoms with Crippen molar-refractivity contribution in [3.8, 4) is 17.4 Å². The maximum Gasteiger partial charge on any atom is 0.232 e. The third kappa shape index (κ3) is 4.80. The molecule has 1 atom stereocenters. The molecule has 0 N–H and O–H groups in total. The van der Waals surface area contributed by atoms with Gasteiger partial charge in [-0.15, -0.1) is 0 Å². The fraction of sp³-hybridized carbons (Fsp3) is 0.455. The Morgan fingerprint density at radius 3 is 2.94 bits per heavy atom. The fourth-order valence-electron chi connectivity index (χ4n) is 3.84. The van der Waals surface area contributed by atoms with Crippen LogP contribution in [0.2, 0.25) is 5.02 Å². The number of rotatable bonds is 7. The van der Waals surface area contributed by atoms with Gasteiger partial charge in [0.25, 0.3) is 0 Å². The molecule has 0 unspecified atom stereocenters. The quantitative estimate of drug-likeness (QED) is 0.644. The van der Waals surface area contributed by atoms with E-state index in [0.717, 1.165) is 29.3 Å². The Labute approximate surface area is 186 Å². The summed E-state index contributed by atoms with van der Waals surface area (Å²) < 4.78 is 22.2. The van der Waals surface area contributed by atoms with Gasteiger partial charge in [-0.25, -0.2) is 4.98 Å². The van der Waals surface area contributed by atoms with E-state index in [9.17, 15) is 4.79 Å². The van der Waals surface area contributed by atoms with Gasteiger partial charge in [0.1, 0.15) is 29.2 Å². The van der Waals surface area contributed by atoms with Crippen LogP contribution < -0.4 is 19.1 Å². The molecule has 2 aliphatic rings. The number of hydrogen-bond acceptors (Lipinski definition) is 7. The standard InChI is InChI=1S/C22H26ClN3O5/c1-28-9-6-21(27)25-7-5-17(14-25)31-16-3-4-20-19(12-16)26(8-10-30-20)15-11-18(23)22(29-2)24-13-15/h3-4,11-13,17H,5-10,14H2,1-2H3/t17-/m0/s1. The number of nitrogens with zero attached hydrogens (tertiary/aromatic N) is 3. The fourth-order valence-corrected chi connectivity index (χ4v) is 4.08. The summed E-state index contributed by atoms with van der Waals surface area (Å²) in [4.78, 5) is 20.4. The summed E-state index contributed by atoms with van der Waals surface area (Å²) in [6.07, 6.45) is 2.88. The van der Waals surface area contributed by atoms with Gasteiger partial charge >= 0.3 is 0 Å². The van der Waals surface area contributed by atoms with Gasteiger partial charge in [0.2, 0.25) is 11.8 Å². The van der Waals surface area contributed by atoms with Crippen LogP contribution in [0.3, 0.4) is 0 Å². The van der Waals surface area contributed by atoms with Crippen molar-refractivity contribution >= 4 is 28.9 Å². The van der Waals surface area contributed by atoms with E-state index >= 15 is 0 Å². The van der Waals surface area contributed by atoms with E-state index in [1.54, 1.807) is 13.3 Å². The van der Waals surface area contributed by atoms with Crippen LogP contribution in [-0.4, -0.2) is 69.0 Å². The van der Waals surface area contributed by atoms with Crippen molar-refractivity contribution < 1.29 is 23.7 Å². The highest BCUT2D eigenvalue weighted by Gasteiger charge is 2.28. The minimum absolute atomic E-state index is 0.0420. The van der Waals surface area contributed by atoms with Gasteiger partial charge in [-0.05, 0) is 18.2 Å². The Bertz CT molecular complexity index is 941. The normalized spacial score (nSPS) is 17.8. The van der Waals surface area contributed by atoms with Gasteiger partial charge in [-0.1, -0.05) is 11.6 Å². The Morgan fingerprint density at radius 2 is 2.16 bits per heavy atom. The molecule has 1 aromatic carbocycles. The van der Waals surface area contributed by atoms with Crippen LogP contribution in [0, 0.1) is 0 Å². The Balaban J connectivity index is 1.48. The first kappa shape index (κ1) is 21.5. The molecule has 0 saturated carbocycles. The van der Waals surface area contributed by atoms with Crippen molar-refractivity contribution in [2.24, 2.45) is 0 Å². The highest BCUT2D eigenvalue weighted by molar-refractivity contribution is 6.32. The van der Waals surface area contributed by atoms with Crippen molar-refractivity contribution in [1.82, 2.24) is 9.88 Å². The molecule has 4 rings (SSSR count). The molecule has 8 nitrogen and oxygen atoms in total. The van der Waals surface area contributed by atoms with Gasteiger partial charge in [-0.3, -0.25) is 4.79 Å². The number of benzene rings is 1. The summed E-state index contributed by atoms with van der Waals surface area (Å²) in [5.74, 6) is 2.00. The number of amides is 1. The molecule has 3 heterocycles. The number of carbonyl (C=O) groups excluding carboxylic acids is 1. The third-order valence-electron chi connectivity index (χ3n) is 5.41. The summed E-state index contributed by atoms with van der Waals surface area (Å²) in [5, 5.41) is 0.449. The first-order chi connectivity index (χ1) is 15.1. The molecule has 0 spiro atoms. The number of anilines is 2. The average molecular weight is 448 g/mol. The third-order valence-corrected chi connectivity index (χ3v) is 5.68. The maximum absolute atomic E-state index is 12.2. The number of methoxy groups -OCH3 is 2. The largest absolute Gasteiger partial charge is 0.490 e. The summed E-state index contributed by atoms with van der Waals surface area (Å²) in [5.41, 5.74) is 1.74. The monoisotopic (exact) mass is 447 g/mol. The minimum atomic E-state index is -0.0420. The molecule has 1 aromatic heterocycles. The SMILES string of the molecule is COCCC(=O)N1CC[C@H](Oc2ccc3c(c2)N(c2cnc(OC)c(Cl)c2)CCO3)C1. The van der Waals surface area contributed by atoms with Crippen LogP contribution in [0.15, 0.2) is 30.5 Å². The van der Waals surface area contributed by atoms with Gasteiger partial charge in [0, 0.05) is 26.1 Å². The van der Waals surface area contributed by atoms with Crippen molar-refractivity contribution in [2.45, 2.75) is 18.9 Å². The molecule has 2 aromatic rings. The highest BCUT2D eigenvalue weighted by atomic mass is 35.5. The van der Waals surface area contributed by atoms with E-state index in [0.29, 0.717) is 50.2 Å². The lowest BCUT2D eigenvalue weighted by molar-refractivity contribution is -0.131. The zero-order chi connectivity index (χ0) is 21.8. The smallest absolute Gasteiger partial charge is 0.232 e. The summed E-state index contributed by atoms with van der Waals surface area (Å²) in [6, 6.07) is 7.60. The van der Waals surface area contributed by atoms with E-state index in [-0.39, 0.29) is 12.0 Å². The number of pyridine rings is 1. The predicted octanol–water partition coefficient (Wildman–Crippen LogP) is 3.29. The molecular formula is C22H26ClN3O5. The van der Waals surface area contributed by atoms with Gasteiger partial charge in [-0.2, -0.15) is 0 Å². The second-order valence-electron chi connectivity index (χ2n) is 7.43. The average Bonchev–Trinajstić information content (AvgIpc) is 3.25. The van der Waals surface area contributed by atoms with Crippen LogP contribution in [0.25, 0.3) is 0 Å². The van der Waals surface area contributed by atoms with Crippen LogP contribution >= 0.6 is 11.6 Å². The number of ether oxygens (including phenoxy) is 4. The molecule has 0 bridgehead atoms. The lowest BCUT2D eigenvalue weighted by atomic mass is 10.2. The van der Waals surface area contributed by atoms with E-state index in [1.807, 2.05) is 29.2 Å². The first-order valence-corrected chi connectivity index (χ1v) is 10.6. The zero-order valence-corrected chi connectivity index (χ0v) is 18.4. The topological polar surface area (TPSA) is 73.4 Å². The molecule has 0 aliphatic carbocycles. The number of aromatic nitrogens is 1. The molecule has 9 heteroatoms. The van der Waals surface area contributed by atoms with Crippen molar-refractivity contribution in [1.29, 1.82) is 0 Å². The molecule has 31 heavy (non-hydrogen) atoms. The maximum atomic E-state index is 12.2. The second kappa shape index (κ2) is 9.62. The van der Waals surface area contributed by atoms with Gasteiger partial charge in [0.05, 0.1) is 50.8 Å². The van der Waals surface area contributed by atoms with Gasteiger partial charge < -0.3 is 28.7 Å². The minimum Gasteiger partial charge on any atom is -0.490 e. The molecule has 1 saturated heterocycles. The molecule has 0 radical (unpaired) electrons. The number of likely N-dealkylation sites (tertiary alicyclic amines) is 1. The lowest BCUT2D eigenvalue weighted by Crippen LogP contribution is -2.31. The Morgan fingerprint density at radius 1 is 1.29 bits per heavy atom. The van der Waals surface area contributed by atoms with Crippen LogP contribution in [0.1, 0.15) is 12.8 Å². The van der Waals surface area contributed by atoms with E-state index in [4.69, 9.17) is 30.5 Å². The van der Waals surface area contributed by atoms with E-state index in [1.165, 1.54) is 7.11 Å². The number of hydrogen-bond donors (Lipinski definition) is 0. The molecule has 166 valence electrons. The van der Waals surface area contributed by atoms with Crippen LogP contribution in [0.5, 0.6) is 17.4 Å². The van der Waals surface area contributed by atoms with Crippen molar-refractivity contribution in [3.63, 3.8) is 0 Å². The summed E-state index contributed by atoms with van der Waals surface area (Å²) in [6.45, 7) is 2.93. The predicted molar refractivity (Wildman–Crippen MR) is 117 cm³/mol. The summed E-state index contributed by atoms with van der Waals surface area (Å²) in [7, 11) is 3.14. The van der Waals surface area contributed by atoms with Crippen LogP contribution in [-0.2, 0) is 9.53 Å². The zero-order valence-electron chi connectivity index (χ0n) is 17.7. The van der Waals surface area contributed by atoms with E-state index in [2.05, 4.69) is 9.88 Å². The Hall–Kier alpha value is -2.71. The number of carbonyl (C=O) groups is 1. The van der Waals surface area contributed by atoms with Crippen LogP contribution in [0.4, 0.5) is 11.4 Å². The van der Waals surface area contributed by atoms with E-state index < -0.39 is 0 Å². The lowest BCUT2D eigenvalue weighted by Gasteiger charge is -2.31. The number of fused-ring (bicyclic) bond motifs is 1. The Kier molecular flexibility index (Phi) is 6.67. The number of halogens is 1. The van der Waals surface area contributed by atoms with Gasteiger partial charge in [0.15, 0.2) is 0 Å². The van der Waals surface area contributed by atoms with Crippen molar-refractivity contribution in [3.05, 3.63) is 35.5 Å². The second-order valence-corrected chi connectivity index (χ2v) is 7.83. The molecule has 1 fully saturated rings.